The molecule has 0 aliphatic heterocycles. The van der Waals surface area contributed by atoms with Gasteiger partial charge in [-0.15, -0.1) is 0 Å². The van der Waals surface area contributed by atoms with Gasteiger partial charge < -0.3 is 5.11 Å². The summed E-state index contributed by atoms with van der Waals surface area (Å²) in [6.07, 6.45) is 8.56. The van der Waals surface area contributed by atoms with Gasteiger partial charge in [0.1, 0.15) is 0 Å². The van der Waals surface area contributed by atoms with Crippen molar-refractivity contribution in [3.8, 4) is 0 Å². The third-order valence-corrected chi connectivity index (χ3v) is 6.77. The van der Waals surface area contributed by atoms with E-state index in [0.29, 0.717) is 0 Å². The van der Waals surface area contributed by atoms with Crippen LogP contribution in [-0.2, 0) is 6.42 Å². The van der Waals surface area contributed by atoms with E-state index >= 15 is 0 Å². The highest BCUT2D eigenvalue weighted by molar-refractivity contribution is 6.31. The zero-order chi connectivity index (χ0) is 14.6. The van der Waals surface area contributed by atoms with Gasteiger partial charge in [-0.2, -0.15) is 0 Å². The molecule has 4 saturated carbocycles. The summed E-state index contributed by atoms with van der Waals surface area (Å²) in [5.74, 6) is 2.66. The first-order valence-corrected chi connectivity index (χ1v) is 8.85. The fourth-order valence-corrected chi connectivity index (χ4v) is 6.14. The number of rotatable bonds is 3. The highest BCUT2D eigenvalue weighted by atomic mass is 35.5. The van der Waals surface area contributed by atoms with E-state index in [4.69, 9.17) is 11.6 Å². The zero-order valence-electron chi connectivity index (χ0n) is 12.8. The van der Waals surface area contributed by atoms with E-state index in [-0.39, 0.29) is 11.5 Å². The SMILES string of the molecule is Cc1ccc(CC(O)C23CC4CC(CC(C4)C2)C3)c(Cl)c1. The van der Waals surface area contributed by atoms with Crippen molar-refractivity contribution in [1.29, 1.82) is 0 Å². The Hall–Kier alpha value is -0.530. The minimum absolute atomic E-state index is 0.197. The van der Waals surface area contributed by atoms with Gasteiger partial charge >= 0.3 is 0 Å². The van der Waals surface area contributed by atoms with Gasteiger partial charge in [-0.05, 0) is 85.8 Å². The van der Waals surface area contributed by atoms with Crippen LogP contribution in [0.5, 0.6) is 0 Å². The number of aliphatic hydroxyl groups excluding tert-OH is 1. The lowest BCUT2D eigenvalue weighted by Gasteiger charge is -2.58. The molecule has 1 aromatic rings. The largest absolute Gasteiger partial charge is 0.392 e. The summed E-state index contributed by atoms with van der Waals surface area (Å²) in [4.78, 5) is 0. The predicted octanol–water partition coefficient (Wildman–Crippen LogP) is 4.77. The first-order chi connectivity index (χ1) is 10.0. The van der Waals surface area contributed by atoms with Gasteiger partial charge in [0.25, 0.3) is 0 Å². The van der Waals surface area contributed by atoms with Gasteiger partial charge in [0.05, 0.1) is 6.10 Å². The molecule has 0 saturated heterocycles. The van der Waals surface area contributed by atoms with Crippen molar-refractivity contribution >= 4 is 11.6 Å². The van der Waals surface area contributed by atoms with E-state index in [2.05, 4.69) is 19.1 Å². The van der Waals surface area contributed by atoms with Crippen LogP contribution in [0.3, 0.4) is 0 Å². The summed E-state index contributed by atoms with van der Waals surface area (Å²) in [6, 6.07) is 6.22. The Labute approximate surface area is 132 Å². The molecule has 4 fully saturated rings. The molecule has 4 bridgehead atoms. The number of benzene rings is 1. The molecule has 4 aliphatic rings. The van der Waals surface area contributed by atoms with Gasteiger partial charge in [0, 0.05) is 11.4 Å². The van der Waals surface area contributed by atoms with Gasteiger partial charge in [0.15, 0.2) is 0 Å². The van der Waals surface area contributed by atoms with Crippen LogP contribution in [0.15, 0.2) is 18.2 Å². The molecule has 4 aliphatic carbocycles. The van der Waals surface area contributed by atoms with Crippen molar-refractivity contribution < 1.29 is 5.11 Å². The molecule has 0 radical (unpaired) electrons. The maximum absolute atomic E-state index is 11.0. The molecule has 1 unspecified atom stereocenters. The first kappa shape index (κ1) is 14.1. The van der Waals surface area contributed by atoms with Crippen LogP contribution in [0, 0.1) is 30.1 Å². The Morgan fingerprint density at radius 2 is 1.71 bits per heavy atom. The Kier molecular flexibility index (Phi) is 3.35. The van der Waals surface area contributed by atoms with Gasteiger partial charge in [-0.3, -0.25) is 0 Å². The van der Waals surface area contributed by atoms with Crippen LogP contribution in [-0.4, -0.2) is 11.2 Å². The maximum atomic E-state index is 11.0. The average Bonchev–Trinajstić information content (AvgIpc) is 2.40. The third-order valence-electron chi connectivity index (χ3n) is 6.41. The predicted molar refractivity (Wildman–Crippen MR) is 86.5 cm³/mol. The molecule has 0 spiro atoms. The lowest BCUT2D eigenvalue weighted by molar-refractivity contribution is -0.119. The number of aliphatic hydroxyl groups is 1. The third kappa shape index (κ3) is 2.43. The Bertz CT molecular complexity index is 515. The molecule has 114 valence electrons. The van der Waals surface area contributed by atoms with Crippen molar-refractivity contribution in [3.63, 3.8) is 0 Å². The van der Waals surface area contributed by atoms with Crippen LogP contribution in [0.25, 0.3) is 0 Å². The summed E-state index contributed by atoms with van der Waals surface area (Å²) in [5, 5.41) is 11.8. The van der Waals surface area contributed by atoms with Crippen LogP contribution < -0.4 is 0 Å². The molecule has 0 heterocycles. The average molecular weight is 305 g/mol. The summed E-state index contributed by atoms with van der Waals surface area (Å²) in [5.41, 5.74) is 2.50. The van der Waals surface area contributed by atoms with Gasteiger partial charge in [-0.25, -0.2) is 0 Å². The van der Waals surface area contributed by atoms with Crippen molar-refractivity contribution in [1.82, 2.24) is 0 Å². The minimum Gasteiger partial charge on any atom is -0.392 e. The standard InChI is InChI=1S/C19H25ClO/c1-12-2-3-16(17(20)4-12)8-18(21)19-9-13-5-14(10-19)7-15(6-13)11-19/h2-4,13-15,18,21H,5-11H2,1H3. The molecule has 0 aromatic heterocycles. The second kappa shape index (κ2) is 4.99. The van der Waals surface area contributed by atoms with Crippen molar-refractivity contribution in [2.24, 2.45) is 23.2 Å². The number of aryl methyl sites for hydroxylation is 1. The minimum atomic E-state index is -0.217. The van der Waals surface area contributed by atoms with E-state index < -0.39 is 0 Å². The molecule has 1 atom stereocenters. The Balaban J connectivity index is 1.56. The second-order valence-corrected chi connectivity index (χ2v) is 8.50. The van der Waals surface area contributed by atoms with Crippen LogP contribution in [0.4, 0.5) is 0 Å². The summed E-state index contributed by atoms with van der Waals surface area (Å²) in [6.45, 7) is 2.06. The molecule has 5 rings (SSSR count). The Morgan fingerprint density at radius 1 is 1.14 bits per heavy atom. The Morgan fingerprint density at radius 3 is 2.24 bits per heavy atom. The molecule has 2 heteroatoms. The van der Waals surface area contributed by atoms with Crippen LogP contribution >= 0.6 is 11.6 Å². The molecule has 21 heavy (non-hydrogen) atoms. The van der Waals surface area contributed by atoms with E-state index in [1.807, 2.05) is 6.07 Å². The molecule has 0 amide bonds. The molecular formula is C19H25ClO. The second-order valence-electron chi connectivity index (χ2n) is 8.09. The lowest BCUT2D eigenvalue weighted by atomic mass is 9.48. The van der Waals surface area contributed by atoms with E-state index in [1.165, 1.54) is 44.1 Å². The lowest BCUT2D eigenvalue weighted by Crippen LogP contribution is -2.52. The normalized spacial score (nSPS) is 38.7. The summed E-state index contributed by atoms with van der Waals surface area (Å²) >= 11 is 6.37. The van der Waals surface area contributed by atoms with E-state index in [1.54, 1.807) is 0 Å². The number of hydrogen-bond donors (Lipinski definition) is 1. The molecule has 1 nitrogen and oxygen atoms in total. The van der Waals surface area contributed by atoms with Crippen molar-refractivity contribution in [2.45, 2.75) is 58.0 Å². The highest BCUT2D eigenvalue weighted by Gasteiger charge is 2.53. The van der Waals surface area contributed by atoms with Gasteiger partial charge in [-0.1, -0.05) is 23.7 Å². The first-order valence-electron chi connectivity index (χ1n) is 8.47. The van der Waals surface area contributed by atoms with Crippen molar-refractivity contribution in [2.75, 3.05) is 0 Å². The monoisotopic (exact) mass is 304 g/mol. The van der Waals surface area contributed by atoms with Crippen LogP contribution in [0.1, 0.15) is 49.7 Å². The summed E-state index contributed by atoms with van der Waals surface area (Å²) in [7, 11) is 0. The van der Waals surface area contributed by atoms with E-state index in [0.717, 1.165) is 34.8 Å². The smallest absolute Gasteiger partial charge is 0.0637 e. The number of halogens is 1. The number of hydrogen-bond acceptors (Lipinski definition) is 1. The topological polar surface area (TPSA) is 20.2 Å². The molecule has 1 N–H and O–H groups in total. The molecule has 1 aromatic carbocycles. The van der Waals surface area contributed by atoms with Gasteiger partial charge in [0.2, 0.25) is 0 Å². The summed E-state index contributed by atoms with van der Waals surface area (Å²) < 4.78 is 0. The highest BCUT2D eigenvalue weighted by Crippen LogP contribution is 2.61. The fraction of sp³-hybridized carbons (Fsp3) is 0.684. The zero-order valence-corrected chi connectivity index (χ0v) is 13.6. The van der Waals surface area contributed by atoms with Crippen molar-refractivity contribution in [3.05, 3.63) is 34.3 Å². The fourth-order valence-electron chi connectivity index (χ4n) is 5.83. The maximum Gasteiger partial charge on any atom is 0.0637 e. The molecular weight excluding hydrogens is 280 g/mol. The van der Waals surface area contributed by atoms with Crippen LogP contribution in [0.2, 0.25) is 5.02 Å². The van der Waals surface area contributed by atoms with E-state index in [9.17, 15) is 5.11 Å². The quantitative estimate of drug-likeness (QED) is 0.853.